The van der Waals surface area contributed by atoms with Crippen molar-refractivity contribution in [2.24, 2.45) is 0 Å². The second kappa shape index (κ2) is 6.50. The predicted molar refractivity (Wildman–Crippen MR) is 95.2 cm³/mol. The van der Waals surface area contributed by atoms with Crippen LogP contribution in [0.25, 0.3) is 11.1 Å². The number of hydrogen-bond acceptors (Lipinski definition) is 1. The molecule has 0 spiro atoms. The zero-order valence-electron chi connectivity index (χ0n) is 11.9. The van der Waals surface area contributed by atoms with E-state index < -0.39 is 0 Å². The van der Waals surface area contributed by atoms with Gasteiger partial charge in [-0.2, -0.15) is 12.6 Å². The van der Waals surface area contributed by atoms with Crippen molar-refractivity contribution in [2.75, 3.05) is 0 Å². The van der Waals surface area contributed by atoms with Crippen LogP contribution in [0, 0.1) is 5.82 Å². The summed E-state index contributed by atoms with van der Waals surface area (Å²) in [6.07, 6.45) is 4.90. The lowest BCUT2D eigenvalue weighted by atomic mass is 9.83. The Morgan fingerprint density at radius 3 is 2.14 bits per heavy atom. The summed E-state index contributed by atoms with van der Waals surface area (Å²) in [5, 5.41) is 1.20. The Kier molecular flexibility index (Phi) is 4.66. The first-order chi connectivity index (χ1) is 10.1. The van der Waals surface area contributed by atoms with Crippen LogP contribution in [0.5, 0.6) is 0 Å². The fourth-order valence-electron chi connectivity index (χ4n) is 3.08. The fourth-order valence-corrected chi connectivity index (χ4v) is 3.65. The number of hydrogen-bond donors (Lipinski definition) is 1. The molecular formula is C18H20FPS. The molecule has 0 bridgehead atoms. The highest BCUT2D eigenvalue weighted by molar-refractivity contribution is 7.80. The Morgan fingerprint density at radius 2 is 1.52 bits per heavy atom. The third-order valence-corrected chi connectivity index (χ3v) is 5.37. The van der Waals surface area contributed by atoms with Crippen LogP contribution >= 0.6 is 21.9 Å². The average molecular weight is 318 g/mol. The van der Waals surface area contributed by atoms with Gasteiger partial charge >= 0.3 is 0 Å². The molecular weight excluding hydrogens is 298 g/mol. The highest BCUT2D eigenvalue weighted by Crippen LogP contribution is 2.35. The molecule has 0 amide bonds. The minimum absolute atomic E-state index is 0.177. The molecule has 2 aromatic rings. The molecule has 0 saturated heterocycles. The minimum atomic E-state index is -0.177. The molecule has 1 fully saturated rings. The van der Waals surface area contributed by atoms with E-state index in [-0.39, 0.29) is 5.82 Å². The molecule has 2 aromatic carbocycles. The van der Waals surface area contributed by atoms with Crippen LogP contribution in [0.3, 0.4) is 0 Å². The largest absolute Gasteiger partial charge is 0.206 e. The second-order valence-electron chi connectivity index (χ2n) is 5.86. The van der Waals surface area contributed by atoms with Crippen molar-refractivity contribution in [2.45, 2.75) is 36.9 Å². The van der Waals surface area contributed by atoms with E-state index >= 15 is 0 Å². The number of halogens is 1. The Labute approximate surface area is 133 Å². The standard InChI is InChI=1S/C18H20FPS/c19-17-10-7-15(11-18(17)20)14-3-1-12(2-4-14)13-5-8-16(21)9-6-13/h1-4,7,10-11,13,16,21H,5-6,8-9,20H2. The van der Waals surface area contributed by atoms with Crippen LogP contribution in [0.1, 0.15) is 37.2 Å². The number of thiol groups is 1. The van der Waals surface area contributed by atoms with Gasteiger partial charge in [0.2, 0.25) is 0 Å². The molecule has 0 nitrogen and oxygen atoms in total. The van der Waals surface area contributed by atoms with Crippen molar-refractivity contribution >= 4 is 27.2 Å². The van der Waals surface area contributed by atoms with Gasteiger partial charge in [0.15, 0.2) is 0 Å². The van der Waals surface area contributed by atoms with Gasteiger partial charge in [-0.25, -0.2) is 4.39 Å². The minimum Gasteiger partial charge on any atom is -0.206 e. The van der Waals surface area contributed by atoms with Gasteiger partial charge in [-0.05, 0) is 60.4 Å². The molecule has 0 radical (unpaired) electrons. The summed E-state index contributed by atoms with van der Waals surface area (Å²) in [7, 11) is 2.45. The summed E-state index contributed by atoms with van der Waals surface area (Å²) in [6, 6.07) is 14.0. The molecule has 0 aliphatic heterocycles. The van der Waals surface area contributed by atoms with Crippen LogP contribution in [-0.2, 0) is 0 Å². The molecule has 1 saturated carbocycles. The molecule has 110 valence electrons. The van der Waals surface area contributed by atoms with E-state index in [0.29, 0.717) is 16.5 Å². The quantitative estimate of drug-likeness (QED) is 0.588. The molecule has 0 aromatic heterocycles. The van der Waals surface area contributed by atoms with Crippen LogP contribution < -0.4 is 5.30 Å². The lowest BCUT2D eigenvalue weighted by molar-refractivity contribution is 0.455. The molecule has 1 aliphatic carbocycles. The van der Waals surface area contributed by atoms with Gasteiger partial charge in [-0.1, -0.05) is 30.3 Å². The zero-order chi connectivity index (χ0) is 14.8. The summed E-state index contributed by atoms with van der Waals surface area (Å²) in [6.45, 7) is 0. The normalized spacial score (nSPS) is 22.2. The van der Waals surface area contributed by atoms with E-state index in [2.05, 4.69) is 46.1 Å². The number of rotatable bonds is 2. The molecule has 1 aliphatic rings. The topological polar surface area (TPSA) is 0 Å². The van der Waals surface area contributed by atoms with Crippen molar-refractivity contribution in [1.29, 1.82) is 0 Å². The molecule has 1 atom stereocenters. The van der Waals surface area contributed by atoms with Crippen LogP contribution in [0.4, 0.5) is 4.39 Å². The van der Waals surface area contributed by atoms with Crippen LogP contribution in [0.15, 0.2) is 42.5 Å². The monoisotopic (exact) mass is 318 g/mol. The maximum atomic E-state index is 13.3. The van der Waals surface area contributed by atoms with E-state index in [9.17, 15) is 4.39 Å². The van der Waals surface area contributed by atoms with Crippen LogP contribution in [-0.4, -0.2) is 5.25 Å². The molecule has 3 rings (SSSR count). The Morgan fingerprint density at radius 1 is 0.905 bits per heavy atom. The van der Waals surface area contributed by atoms with Gasteiger partial charge in [0.05, 0.1) is 0 Å². The summed E-state index contributed by atoms with van der Waals surface area (Å²) in [5.41, 5.74) is 3.63. The second-order valence-corrected chi connectivity index (χ2v) is 7.22. The maximum Gasteiger partial charge on any atom is 0.130 e. The zero-order valence-corrected chi connectivity index (χ0v) is 14.0. The van der Waals surface area contributed by atoms with Crippen molar-refractivity contribution in [3.63, 3.8) is 0 Å². The Bertz CT molecular complexity index is 616. The molecule has 0 N–H and O–H groups in total. The number of benzene rings is 2. The maximum absolute atomic E-state index is 13.3. The highest BCUT2D eigenvalue weighted by atomic mass is 32.1. The van der Waals surface area contributed by atoms with Gasteiger partial charge in [-0.3, -0.25) is 0 Å². The third kappa shape index (κ3) is 3.49. The summed E-state index contributed by atoms with van der Waals surface area (Å²) >= 11 is 4.56. The lowest BCUT2D eigenvalue weighted by Crippen LogP contribution is -2.12. The molecule has 21 heavy (non-hydrogen) atoms. The van der Waals surface area contributed by atoms with Crippen molar-refractivity contribution in [3.8, 4) is 11.1 Å². The van der Waals surface area contributed by atoms with Gasteiger partial charge in [0.25, 0.3) is 0 Å². The highest BCUT2D eigenvalue weighted by Gasteiger charge is 2.20. The van der Waals surface area contributed by atoms with E-state index in [1.165, 1.54) is 37.3 Å². The molecule has 0 heterocycles. The third-order valence-electron chi connectivity index (χ3n) is 4.41. The smallest absolute Gasteiger partial charge is 0.130 e. The van der Waals surface area contributed by atoms with Crippen LogP contribution in [0.2, 0.25) is 0 Å². The van der Waals surface area contributed by atoms with E-state index in [1.807, 2.05) is 12.1 Å². The molecule has 3 heteroatoms. The average Bonchev–Trinajstić information content (AvgIpc) is 2.51. The summed E-state index contributed by atoms with van der Waals surface area (Å²) in [5.74, 6) is 0.497. The van der Waals surface area contributed by atoms with E-state index in [4.69, 9.17) is 0 Å². The van der Waals surface area contributed by atoms with Gasteiger partial charge in [0, 0.05) is 10.6 Å². The summed E-state index contributed by atoms with van der Waals surface area (Å²) < 4.78 is 13.3. The first-order valence-electron chi connectivity index (χ1n) is 7.47. The van der Waals surface area contributed by atoms with E-state index in [0.717, 1.165) is 11.1 Å². The fraction of sp³-hybridized carbons (Fsp3) is 0.333. The van der Waals surface area contributed by atoms with Gasteiger partial charge in [-0.15, -0.1) is 9.24 Å². The van der Waals surface area contributed by atoms with Gasteiger partial charge in [0.1, 0.15) is 5.82 Å². The van der Waals surface area contributed by atoms with Crippen molar-refractivity contribution in [1.82, 2.24) is 0 Å². The summed E-state index contributed by atoms with van der Waals surface area (Å²) in [4.78, 5) is 0. The van der Waals surface area contributed by atoms with Crippen molar-refractivity contribution < 1.29 is 4.39 Å². The molecule has 1 unspecified atom stereocenters. The Hall–Kier alpha value is -0.850. The first-order valence-corrected chi connectivity index (χ1v) is 8.56. The van der Waals surface area contributed by atoms with Gasteiger partial charge < -0.3 is 0 Å². The van der Waals surface area contributed by atoms with Crippen molar-refractivity contribution in [3.05, 3.63) is 53.8 Å². The van der Waals surface area contributed by atoms with E-state index in [1.54, 1.807) is 0 Å². The predicted octanol–water partition coefficient (Wildman–Crippen LogP) is 4.95. The Balaban J connectivity index is 1.79. The lowest BCUT2D eigenvalue weighted by Gasteiger charge is -2.26. The SMILES string of the molecule is Fc1ccc(-c2ccc(C3CCC(S)CC3)cc2)cc1P. The first kappa shape index (κ1) is 15.1.